The topological polar surface area (TPSA) is 38.1 Å². The monoisotopic (exact) mass is 205 g/mol. The fourth-order valence-electron chi connectivity index (χ4n) is 2.21. The maximum absolute atomic E-state index is 11.8. The molecule has 1 saturated heterocycles. The van der Waals surface area contributed by atoms with Crippen molar-refractivity contribution in [1.82, 2.24) is 14.7 Å². The van der Waals surface area contributed by atoms with Crippen molar-refractivity contribution in [2.45, 2.75) is 25.3 Å². The summed E-state index contributed by atoms with van der Waals surface area (Å²) in [6, 6.07) is 2.33. The lowest BCUT2D eigenvalue weighted by Crippen LogP contribution is -2.53. The van der Waals surface area contributed by atoms with Gasteiger partial charge in [-0.15, -0.1) is 0 Å². The van der Waals surface area contributed by atoms with Gasteiger partial charge in [0.2, 0.25) is 5.91 Å². The lowest BCUT2D eigenvalue weighted by Gasteiger charge is -2.42. The van der Waals surface area contributed by atoms with Crippen LogP contribution in [0.1, 0.15) is 25.3 Å². The Morgan fingerprint density at radius 1 is 1.33 bits per heavy atom. The van der Waals surface area contributed by atoms with Crippen LogP contribution in [-0.2, 0) is 4.79 Å². The summed E-state index contributed by atoms with van der Waals surface area (Å²) < 4.78 is 1.95. The summed E-state index contributed by atoms with van der Waals surface area (Å²) in [5.74, 6) is 0.702. The number of hydrogen-bond donors (Lipinski definition) is 0. The van der Waals surface area contributed by atoms with E-state index in [-0.39, 0.29) is 0 Å². The summed E-state index contributed by atoms with van der Waals surface area (Å²) in [6.07, 6.45) is 7.18. The van der Waals surface area contributed by atoms with Gasteiger partial charge in [-0.1, -0.05) is 6.42 Å². The van der Waals surface area contributed by atoms with Crippen LogP contribution in [0.25, 0.3) is 0 Å². The standard InChI is InChI=1S/C11H15N3O/c15-11(9-3-1-4-9)13-7-10(8-13)14-6-2-5-12-14/h2,5-6,9-10H,1,3-4,7-8H2. The largest absolute Gasteiger partial charge is 0.338 e. The van der Waals surface area contributed by atoms with Crippen LogP contribution in [0.2, 0.25) is 0 Å². The molecule has 1 amide bonds. The first-order chi connectivity index (χ1) is 7.34. The Kier molecular flexibility index (Phi) is 2.01. The van der Waals surface area contributed by atoms with E-state index in [1.54, 1.807) is 6.20 Å². The summed E-state index contributed by atoms with van der Waals surface area (Å²) in [4.78, 5) is 13.8. The number of nitrogens with zero attached hydrogens (tertiary/aromatic N) is 3. The lowest BCUT2D eigenvalue weighted by atomic mass is 9.83. The summed E-state index contributed by atoms with van der Waals surface area (Å²) in [5.41, 5.74) is 0. The Bertz CT molecular complexity index is 350. The number of hydrogen-bond acceptors (Lipinski definition) is 2. The van der Waals surface area contributed by atoms with Crippen LogP contribution < -0.4 is 0 Å². The molecule has 2 fully saturated rings. The molecule has 0 aromatic carbocycles. The average Bonchev–Trinajstić information content (AvgIpc) is 2.50. The van der Waals surface area contributed by atoms with Crippen molar-refractivity contribution in [1.29, 1.82) is 0 Å². The summed E-state index contributed by atoms with van der Waals surface area (Å²) in [7, 11) is 0. The van der Waals surface area contributed by atoms with Crippen molar-refractivity contribution in [3.05, 3.63) is 18.5 Å². The van der Waals surface area contributed by atoms with Crippen molar-refractivity contribution in [3.8, 4) is 0 Å². The molecule has 1 aliphatic carbocycles. The molecule has 0 radical (unpaired) electrons. The third kappa shape index (κ3) is 1.44. The molecular weight excluding hydrogens is 190 g/mol. The normalized spacial score (nSPS) is 22.3. The molecule has 2 heterocycles. The van der Waals surface area contributed by atoms with Crippen LogP contribution in [0.4, 0.5) is 0 Å². The van der Waals surface area contributed by atoms with Crippen molar-refractivity contribution < 1.29 is 4.79 Å². The second kappa shape index (κ2) is 3.36. The first-order valence-corrected chi connectivity index (χ1v) is 5.62. The second-order valence-electron chi connectivity index (χ2n) is 4.51. The Balaban J connectivity index is 1.55. The highest BCUT2D eigenvalue weighted by Gasteiger charge is 2.37. The van der Waals surface area contributed by atoms with E-state index in [2.05, 4.69) is 5.10 Å². The predicted octanol–water partition coefficient (Wildman–Crippen LogP) is 1.07. The van der Waals surface area contributed by atoms with E-state index in [0.717, 1.165) is 25.9 Å². The average molecular weight is 205 g/mol. The number of carbonyl (C=O) groups is 1. The third-order valence-corrected chi connectivity index (χ3v) is 3.53. The van der Waals surface area contributed by atoms with Gasteiger partial charge in [0.15, 0.2) is 0 Å². The predicted molar refractivity (Wildman–Crippen MR) is 55.2 cm³/mol. The molecule has 1 aliphatic heterocycles. The van der Waals surface area contributed by atoms with E-state index in [1.807, 2.05) is 21.8 Å². The minimum absolute atomic E-state index is 0.337. The van der Waals surface area contributed by atoms with E-state index < -0.39 is 0 Å². The number of amides is 1. The maximum atomic E-state index is 11.8. The summed E-state index contributed by atoms with van der Waals surface area (Å²) in [5, 5.41) is 4.19. The van der Waals surface area contributed by atoms with Gasteiger partial charge in [0, 0.05) is 31.4 Å². The maximum Gasteiger partial charge on any atom is 0.225 e. The van der Waals surface area contributed by atoms with E-state index in [9.17, 15) is 4.79 Å². The molecule has 0 spiro atoms. The lowest BCUT2D eigenvalue weighted by molar-refractivity contribution is -0.144. The van der Waals surface area contributed by atoms with Crippen LogP contribution in [-0.4, -0.2) is 33.7 Å². The van der Waals surface area contributed by atoms with Crippen molar-refractivity contribution in [2.75, 3.05) is 13.1 Å². The van der Waals surface area contributed by atoms with Crippen LogP contribution in [0.5, 0.6) is 0 Å². The first-order valence-electron chi connectivity index (χ1n) is 5.62. The molecule has 0 bridgehead atoms. The highest BCUT2D eigenvalue weighted by molar-refractivity contribution is 5.80. The zero-order valence-corrected chi connectivity index (χ0v) is 8.67. The summed E-state index contributed by atoms with van der Waals surface area (Å²) in [6.45, 7) is 1.69. The second-order valence-corrected chi connectivity index (χ2v) is 4.51. The molecule has 1 aromatic heterocycles. The van der Waals surface area contributed by atoms with Crippen LogP contribution in [0.3, 0.4) is 0 Å². The third-order valence-electron chi connectivity index (χ3n) is 3.53. The smallest absolute Gasteiger partial charge is 0.225 e. The Labute approximate surface area is 88.9 Å². The van der Waals surface area contributed by atoms with Crippen molar-refractivity contribution >= 4 is 5.91 Å². The van der Waals surface area contributed by atoms with Gasteiger partial charge in [-0.25, -0.2) is 0 Å². The van der Waals surface area contributed by atoms with E-state index in [0.29, 0.717) is 17.9 Å². The number of likely N-dealkylation sites (tertiary alicyclic amines) is 1. The molecule has 0 N–H and O–H groups in total. The molecule has 3 rings (SSSR count). The van der Waals surface area contributed by atoms with Gasteiger partial charge in [-0.2, -0.15) is 5.10 Å². The van der Waals surface area contributed by atoms with Gasteiger partial charge in [0.05, 0.1) is 6.04 Å². The van der Waals surface area contributed by atoms with E-state index >= 15 is 0 Å². The highest BCUT2D eigenvalue weighted by atomic mass is 16.2. The van der Waals surface area contributed by atoms with Crippen LogP contribution >= 0.6 is 0 Å². The zero-order chi connectivity index (χ0) is 10.3. The molecule has 1 saturated carbocycles. The zero-order valence-electron chi connectivity index (χ0n) is 8.67. The molecule has 15 heavy (non-hydrogen) atoms. The van der Waals surface area contributed by atoms with Gasteiger partial charge in [-0.3, -0.25) is 9.48 Å². The van der Waals surface area contributed by atoms with E-state index in [4.69, 9.17) is 0 Å². The van der Waals surface area contributed by atoms with Crippen molar-refractivity contribution in [3.63, 3.8) is 0 Å². The minimum atomic E-state index is 0.337. The molecule has 0 atom stereocenters. The number of rotatable bonds is 2. The first kappa shape index (κ1) is 8.95. The molecular formula is C11H15N3O. The number of aromatic nitrogens is 2. The Hall–Kier alpha value is -1.32. The fraction of sp³-hybridized carbons (Fsp3) is 0.636. The highest BCUT2D eigenvalue weighted by Crippen LogP contribution is 2.31. The SMILES string of the molecule is O=C(C1CCC1)N1CC(n2cccn2)C1. The van der Waals surface area contributed by atoms with Gasteiger partial charge in [-0.05, 0) is 18.9 Å². The van der Waals surface area contributed by atoms with Crippen LogP contribution in [0, 0.1) is 5.92 Å². The van der Waals surface area contributed by atoms with Gasteiger partial charge in [0.1, 0.15) is 0 Å². The minimum Gasteiger partial charge on any atom is -0.338 e. The summed E-state index contributed by atoms with van der Waals surface area (Å²) >= 11 is 0. The van der Waals surface area contributed by atoms with E-state index in [1.165, 1.54) is 6.42 Å². The van der Waals surface area contributed by atoms with Gasteiger partial charge < -0.3 is 4.90 Å². The molecule has 80 valence electrons. The molecule has 4 nitrogen and oxygen atoms in total. The molecule has 0 unspecified atom stereocenters. The molecule has 4 heteroatoms. The van der Waals surface area contributed by atoms with Gasteiger partial charge in [0.25, 0.3) is 0 Å². The van der Waals surface area contributed by atoms with Crippen molar-refractivity contribution in [2.24, 2.45) is 5.92 Å². The fourth-order valence-corrected chi connectivity index (χ4v) is 2.21. The number of carbonyl (C=O) groups excluding carboxylic acids is 1. The van der Waals surface area contributed by atoms with Gasteiger partial charge >= 0.3 is 0 Å². The molecule has 1 aromatic rings. The Morgan fingerprint density at radius 2 is 2.13 bits per heavy atom. The quantitative estimate of drug-likeness (QED) is 0.724. The Morgan fingerprint density at radius 3 is 2.67 bits per heavy atom. The van der Waals surface area contributed by atoms with Crippen LogP contribution in [0.15, 0.2) is 18.5 Å². The molecule has 2 aliphatic rings.